The Morgan fingerprint density at radius 1 is 1.37 bits per heavy atom. The molecular formula is C13H25NO4S. The van der Waals surface area contributed by atoms with Crippen molar-refractivity contribution in [3.8, 4) is 0 Å². The zero-order valence-corrected chi connectivity index (χ0v) is 12.9. The molecule has 0 spiro atoms. The minimum Gasteiger partial charge on any atom is -0.396 e. The summed E-state index contributed by atoms with van der Waals surface area (Å²) >= 11 is 0. The van der Waals surface area contributed by atoms with Gasteiger partial charge in [0.1, 0.15) is 5.25 Å². The van der Waals surface area contributed by atoms with Gasteiger partial charge in [-0.25, -0.2) is 8.42 Å². The van der Waals surface area contributed by atoms with Gasteiger partial charge in [0.25, 0.3) is 0 Å². The SMILES string of the molecule is CCS(=O)(=O)[C@H](C)C(=O)N(C)CC1(CO)CCCC1. The molecule has 112 valence electrons. The molecule has 0 saturated heterocycles. The summed E-state index contributed by atoms with van der Waals surface area (Å²) in [5, 5.41) is 8.54. The normalized spacial score (nSPS) is 20.2. The number of carbonyl (C=O) groups is 1. The molecule has 0 heterocycles. The Morgan fingerprint density at radius 2 is 1.89 bits per heavy atom. The van der Waals surface area contributed by atoms with E-state index in [1.807, 2.05) is 0 Å². The van der Waals surface area contributed by atoms with Crippen LogP contribution < -0.4 is 0 Å². The van der Waals surface area contributed by atoms with E-state index in [4.69, 9.17) is 0 Å². The van der Waals surface area contributed by atoms with Crippen molar-refractivity contribution in [2.45, 2.75) is 44.8 Å². The predicted molar refractivity (Wildman–Crippen MR) is 74.5 cm³/mol. The van der Waals surface area contributed by atoms with Gasteiger partial charge in [0.15, 0.2) is 9.84 Å². The molecule has 1 atom stereocenters. The molecule has 5 nitrogen and oxygen atoms in total. The van der Waals surface area contributed by atoms with Gasteiger partial charge in [-0.1, -0.05) is 19.8 Å². The van der Waals surface area contributed by atoms with Gasteiger partial charge >= 0.3 is 0 Å². The van der Waals surface area contributed by atoms with Gasteiger partial charge in [0, 0.05) is 24.8 Å². The van der Waals surface area contributed by atoms with Gasteiger partial charge in [-0.05, 0) is 19.8 Å². The smallest absolute Gasteiger partial charge is 0.240 e. The first-order valence-corrected chi connectivity index (χ1v) is 8.57. The number of aliphatic hydroxyl groups is 1. The number of nitrogens with zero attached hydrogens (tertiary/aromatic N) is 1. The third kappa shape index (κ3) is 3.69. The van der Waals surface area contributed by atoms with Crippen LogP contribution in [0.25, 0.3) is 0 Å². The second kappa shape index (κ2) is 6.22. The summed E-state index contributed by atoms with van der Waals surface area (Å²) < 4.78 is 23.5. The lowest BCUT2D eigenvalue weighted by molar-refractivity contribution is -0.131. The molecule has 0 aromatic carbocycles. The summed E-state index contributed by atoms with van der Waals surface area (Å²) in [6.07, 6.45) is 3.92. The maximum Gasteiger partial charge on any atom is 0.240 e. The molecule has 0 aromatic rings. The minimum absolute atomic E-state index is 0.0289. The van der Waals surface area contributed by atoms with Gasteiger partial charge < -0.3 is 10.0 Å². The van der Waals surface area contributed by atoms with Crippen LogP contribution in [0, 0.1) is 5.41 Å². The molecule has 1 N–H and O–H groups in total. The summed E-state index contributed by atoms with van der Waals surface area (Å²) in [5.41, 5.74) is -0.236. The summed E-state index contributed by atoms with van der Waals surface area (Å²) in [4.78, 5) is 13.6. The third-order valence-electron chi connectivity index (χ3n) is 4.24. The lowest BCUT2D eigenvalue weighted by atomic mass is 9.86. The molecule has 0 unspecified atom stereocenters. The van der Waals surface area contributed by atoms with E-state index in [0.717, 1.165) is 25.7 Å². The summed E-state index contributed by atoms with van der Waals surface area (Å²) in [6, 6.07) is 0. The van der Waals surface area contributed by atoms with Gasteiger partial charge in [-0.15, -0.1) is 0 Å². The number of carbonyl (C=O) groups excluding carboxylic acids is 1. The summed E-state index contributed by atoms with van der Waals surface area (Å²) in [5.74, 6) is -0.402. The predicted octanol–water partition coefficient (Wildman–Crippen LogP) is 0.821. The first-order valence-electron chi connectivity index (χ1n) is 6.85. The molecule has 0 bridgehead atoms. The molecule has 1 fully saturated rings. The average molecular weight is 291 g/mol. The topological polar surface area (TPSA) is 74.7 Å². The fourth-order valence-electron chi connectivity index (χ4n) is 2.79. The number of rotatable bonds is 6. The summed E-state index contributed by atoms with van der Waals surface area (Å²) in [6.45, 7) is 3.48. The Bertz CT molecular complexity index is 412. The lowest BCUT2D eigenvalue weighted by Crippen LogP contribution is -2.45. The second-order valence-electron chi connectivity index (χ2n) is 5.65. The Labute approximate surface area is 115 Å². The Balaban J connectivity index is 2.72. The van der Waals surface area contributed by atoms with Crippen molar-refractivity contribution in [1.82, 2.24) is 4.90 Å². The van der Waals surface area contributed by atoms with Crippen LogP contribution >= 0.6 is 0 Å². The average Bonchev–Trinajstić information content (AvgIpc) is 2.85. The molecule has 6 heteroatoms. The molecule has 1 rings (SSSR count). The minimum atomic E-state index is -3.36. The molecular weight excluding hydrogens is 266 g/mol. The first-order chi connectivity index (χ1) is 8.78. The second-order valence-corrected chi connectivity index (χ2v) is 8.26. The van der Waals surface area contributed by atoms with E-state index in [1.54, 1.807) is 14.0 Å². The van der Waals surface area contributed by atoms with Crippen LogP contribution in [0.3, 0.4) is 0 Å². The van der Waals surface area contributed by atoms with Crippen molar-refractivity contribution in [2.24, 2.45) is 5.41 Å². The third-order valence-corrected chi connectivity index (χ3v) is 6.32. The van der Waals surface area contributed by atoms with Crippen molar-refractivity contribution in [1.29, 1.82) is 0 Å². The quantitative estimate of drug-likeness (QED) is 0.786. The highest BCUT2D eigenvalue weighted by Crippen LogP contribution is 2.38. The molecule has 1 aliphatic rings. The van der Waals surface area contributed by atoms with Gasteiger partial charge in [0.05, 0.1) is 6.61 Å². The van der Waals surface area contributed by atoms with Crippen LogP contribution in [0.2, 0.25) is 0 Å². The maximum absolute atomic E-state index is 12.2. The monoisotopic (exact) mass is 291 g/mol. The van der Waals surface area contributed by atoms with Crippen LogP contribution in [0.15, 0.2) is 0 Å². The van der Waals surface area contributed by atoms with Crippen molar-refractivity contribution in [2.75, 3.05) is 26.0 Å². The molecule has 19 heavy (non-hydrogen) atoms. The maximum atomic E-state index is 12.2. The van der Waals surface area contributed by atoms with Crippen LogP contribution in [-0.2, 0) is 14.6 Å². The van der Waals surface area contributed by atoms with Gasteiger partial charge in [0.2, 0.25) is 5.91 Å². The van der Waals surface area contributed by atoms with E-state index in [1.165, 1.54) is 11.8 Å². The molecule has 0 aromatic heterocycles. The van der Waals surface area contributed by atoms with Crippen LogP contribution in [0.1, 0.15) is 39.5 Å². The fraction of sp³-hybridized carbons (Fsp3) is 0.923. The molecule has 1 aliphatic carbocycles. The fourth-order valence-corrected chi connectivity index (χ4v) is 3.77. The van der Waals surface area contributed by atoms with Crippen LogP contribution in [0.5, 0.6) is 0 Å². The van der Waals surface area contributed by atoms with E-state index in [9.17, 15) is 18.3 Å². The highest BCUT2D eigenvalue weighted by Gasteiger charge is 2.37. The largest absolute Gasteiger partial charge is 0.396 e. The summed E-state index contributed by atoms with van der Waals surface area (Å²) in [7, 11) is -1.73. The Morgan fingerprint density at radius 3 is 2.32 bits per heavy atom. The lowest BCUT2D eigenvalue weighted by Gasteiger charge is -2.32. The van der Waals surface area contributed by atoms with Crippen LogP contribution in [-0.4, -0.2) is 55.5 Å². The van der Waals surface area contributed by atoms with Gasteiger partial charge in [-0.3, -0.25) is 4.79 Å². The zero-order chi connectivity index (χ0) is 14.7. The zero-order valence-electron chi connectivity index (χ0n) is 12.1. The number of hydrogen-bond donors (Lipinski definition) is 1. The van der Waals surface area contributed by atoms with E-state index in [2.05, 4.69) is 0 Å². The highest BCUT2D eigenvalue weighted by molar-refractivity contribution is 7.92. The molecule has 1 saturated carbocycles. The first kappa shape index (κ1) is 16.4. The van der Waals surface area contributed by atoms with E-state index in [0.29, 0.717) is 6.54 Å². The number of hydrogen-bond acceptors (Lipinski definition) is 4. The standard InChI is InChI=1S/C13H25NO4S/c1-4-19(17,18)11(2)12(16)14(3)9-13(10-15)7-5-6-8-13/h11,15H,4-10H2,1-3H3/t11-/m1/s1. The van der Waals surface area contributed by atoms with Gasteiger partial charge in [-0.2, -0.15) is 0 Å². The highest BCUT2D eigenvalue weighted by atomic mass is 32.2. The molecule has 0 aliphatic heterocycles. The molecule has 0 radical (unpaired) electrons. The Kier molecular flexibility index (Phi) is 5.38. The Hall–Kier alpha value is -0.620. The number of amides is 1. The van der Waals surface area contributed by atoms with E-state index >= 15 is 0 Å². The molecule has 1 amide bonds. The van der Waals surface area contributed by atoms with Crippen LogP contribution in [0.4, 0.5) is 0 Å². The van der Waals surface area contributed by atoms with E-state index < -0.39 is 15.1 Å². The van der Waals surface area contributed by atoms with Crippen molar-refractivity contribution in [3.05, 3.63) is 0 Å². The van der Waals surface area contributed by atoms with E-state index in [-0.39, 0.29) is 23.7 Å². The van der Waals surface area contributed by atoms with Crippen molar-refractivity contribution < 1.29 is 18.3 Å². The number of sulfone groups is 1. The number of aliphatic hydroxyl groups excluding tert-OH is 1. The van der Waals surface area contributed by atoms with Crippen molar-refractivity contribution >= 4 is 15.7 Å². The van der Waals surface area contributed by atoms with Crippen molar-refractivity contribution in [3.63, 3.8) is 0 Å².